The fraction of sp³-hybridized carbons (Fsp3) is 0.500. The molecule has 2 N–H and O–H groups in total. The van der Waals surface area contributed by atoms with Crippen LogP contribution in [0.2, 0.25) is 0 Å². The molecule has 1 heterocycles. The summed E-state index contributed by atoms with van der Waals surface area (Å²) in [6.45, 7) is 2.63. The average Bonchev–Trinajstić information content (AvgIpc) is 3.01. The van der Waals surface area contributed by atoms with E-state index in [1.807, 2.05) is 12.1 Å². The molecule has 112 valence electrons. The van der Waals surface area contributed by atoms with Crippen molar-refractivity contribution in [2.75, 3.05) is 6.54 Å². The molecule has 5 heteroatoms. The van der Waals surface area contributed by atoms with Crippen molar-refractivity contribution in [1.29, 1.82) is 0 Å². The highest BCUT2D eigenvalue weighted by Gasteiger charge is 2.38. The van der Waals surface area contributed by atoms with E-state index >= 15 is 0 Å². The molecule has 0 unspecified atom stereocenters. The van der Waals surface area contributed by atoms with E-state index in [2.05, 4.69) is 39.1 Å². The Hall–Kier alpha value is -1.20. The van der Waals surface area contributed by atoms with E-state index in [1.165, 1.54) is 24.8 Å². The molecule has 0 saturated heterocycles. The van der Waals surface area contributed by atoms with E-state index in [0.717, 1.165) is 22.9 Å². The highest BCUT2D eigenvalue weighted by atomic mass is 79.9. The molecule has 1 saturated carbocycles. The number of aromatic nitrogens is 2. The largest absolute Gasteiger partial charge is 0.338 e. The van der Waals surface area contributed by atoms with Crippen LogP contribution in [0.1, 0.15) is 43.6 Å². The lowest BCUT2D eigenvalue weighted by molar-refractivity contribution is 0.220. The van der Waals surface area contributed by atoms with Crippen LogP contribution in [0, 0.1) is 6.92 Å². The SMILES string of the molecule is Cc1ccc(-c2noc(C3(CN)CCCCC3)n2)cc1Br. The first-order chi connectivity index (χ1) is 10.1. The van der Waals surface area contributed by atoms with Gasteiger partial charge in [-0.05, 0) is 31.4 Å². The summed E-state index contributed by atoms with van der Waals surface area (Å²) < 4.78 is 6.62. The van der Waals surface area contributed by atoms with Gasteiger partial charge in [-0.2, -0.15) is 4.98 Å². The molecular formula is C16H20BrN3O. The number of nitrogens with two attached hydrogens (primary N) is 1. The van der Waals surface area contributed by atoms with Gasteiger partial charge in [0, 0.05) is 16.6 Å². The summed E-state index contributed by atoms with van der Waals surface area (Å²) in [7, 11) is 0. The van der Waals surface area contributed by atoms with E-state index in [-0.39, 0.29) is 5.41 Å². The minimum Gasteiger partial charge on any atom is -0.338 e. The smallest absolute Gasteiger partial charge is 0.234 e. The second-order valence-electron chi connectivity index (χ2n) is 5.93. The van der Waals surface area contributed by atoms with Gasteiger partial charge >= 0.3 is 0 Å². The van der Waals surface area contributed by atoms with Crippen molar-refractivity contribution in [1.82, 2.24) is 10.1 Å². The normalized spacial score (nSPS) is 17.9. The summed E-state index contributed by atoms with van der Waals surface area (Å²) in [5.41, 5.74) is 8.06. The second-order valence-corrected chi connectivity index (χ2v) is 6.79. The van der Waals surface area contributed by atoms with Crippen molar-refractivity contribution in [2.24, 2.45) is 5.73 Å². The van der Waals surface area contributed by atoms with Crippen molar-refractivity contribution >= 4 is 15.9 Å². The van der Waals surface area contributed by atoms with E-state index in [4.69, 9.17) is 10.3 Å². The summed E-state index contributed by atoms with van der Waals surface area (Å²) in [4.78, 5) is 4.64. The lowest BCUT2D eigenvalue weighted by Gasteiger charge is -2.32. The summed E-state index contributed by atoms with van der Waals surface area (Å²) >= 11 is 3.54. The Morgan fingerprint density at radius 3 is 2.71 bits per heavy atom. The van der Waals surface area contributed by atoms with Crippen molar-refractivity contribution in [3.63, 3.8) is 0 Å². The molecule has 1 fully saturated rings. The number of rotatable bonds is 3. The highest BCUT2D eigenvalue weighted by molar-refractivity contribution is 9.10. The van der Waals surface area contributed by atoms with E-state index in [1.54, 1.807) is 0 Å². The van der Waals surface area contributed by atoms with Gasteiger partial charge in [0.05, 0.1) is 5.41 Å². The van der Waals surface area contributed by atoms with Gasteiger partial charge in [0.1, 0.15) is 0 Å². The first-order valence-electron chi connectivity index (χ1n) is 7.45. The lowest BCUT2D eigenvalue weighted by atomic mass is 9.74. The van der Waals surface area contributed by atoms with Crippen LogP contribution in [0.4, 0.5) is 0 Å². The second kappa shape index (κ2) is 5.89. The van der Waals surface area contributed by atoms with Crippen molar-refractivity contribution < 1.29 is 4.52 Å². The predicted octanol–water partition coefficient (Wildman–Crippen LogP) is 3.97. The van der Waals surface area contributed by atoms with Crippen LogP contribution >= 0.6 is 15.9 Å². The maximum Gasteiger partial charge on any atom is 0.234 e. The zero-order chi connectivity index (χ0) is 14.9. The first-order valence-corrected chi connectivity index (χ1v) is 8.25. The Labute approximate surface area is 133 Å². The van der Waals surface area contributed by atoms with Crippen LogP contribution in [0.5, 0.6) is 0 Å². The molecule has 4 nitrogen and oxygen atoms in total. The van der Waals surface area contributed by atoms with E-state index < -0.39 is 0 Å². The zero-order valence-electron chi connectivity index (χ0n) is 12.2. The Morgan fingerprint density at radius 1 is 1.29 bits per heavy atom. The number of hydrogen-bond donors (Lipinski definition) is 1. The monoisotopic (exact) mass is 349 g/mol. The molecule has 2 aromatic rings. The van der Waals surface area contributed by atoms with Gasteiger partial charge in [-0.25, -0.2) is 0 Å². The predicted molar refractivity (Wildman–Crippen MR) is 86.0 cm³/mol. The number of nitrogens with zero attached hydrogens (tertiary/aromatic N) is 2. The topological polar surface area (TPSA) is 64.9 Å². The first kappa shape index (κ1) is 14.7. The minimum atomic E-state index is -0.120. The van der Waals surface area contributed by atoms with Crippen LogP contribution < -0.4 is 5.73 Å². The van der Waals surface area contributed by atoms with Gasteiger partial charge in [0.2, 0.25) is 11.7 Å². The van der Waals surface area contributed by atoms with Crippen molar-refractivity contribution in [2.45, 2.75) is 44.4 Å². The van der Waals surface area contributed by atoms with Crippen LogP contribution in [-0.4, -0.2) is 16.7 Å². The van der Waals surface area contributed by atoms with Crippen molar-refractivity contribution in [3.05, 3.63) is 34.1 Å². The number of aryl methyl sites for hydroxylation is 1. The molecule has 0 radical (unpaired) electrons. The quantitative estimate of drug-likeness (QED) is 0.910. The van der Waals surface area contributed by atoms with Crippen LogP contribution in [-0.2, 0) is 5.41 Å². The molecule has 1 aromatic heterocycles. The van der Waals surface area contributed by atoms with E-state index in [0.29, 0.717) is 18.3 Å². The number of halogens is 1. The summed E-state index contributed by atoms with van der Waals surface area (Å²) in [6, 6.07) is 6.10. The third-order valence-electron chi connectivity index (χ3n) is 4.51. The molecule has 0 bridgehead atoms. The standard InChI is InChI=1S/C16H20BrN3O/c1-11-5-6-12(9-13(11)17)14-19-15(21-20-14)16(10-18)7-3-2-4-8-16/h5-6,9H,2-4,7-8,10,18H2,1H3. The molecule has 0 atom stereocenters. The molecule has 21 heavy (non-hydrogen) atoms. The van der Waals surface area contributed by atoms with Gasteiger partial charge in [0.25, 0.3) is 0 Å². The Bertz CT molecular complexity index is 632. The third kappa shape index (κ3) is 2.77. The highest BCUT2D eigenvalue weighted by Crippen LogP contribution is 2.38. The lowest BCUT2D eigenvalue weighted by Crippen LogP contribution is -2.37. The fourth-order valence-electron chi connectivity index (χ4n) is 3.02. The molecule has 1 aliphatic rings. The maximum atomic E-state index is 6.03. The summed E-state index contributed by atoms with van der Waals surface area (Å²) in [5.74, 6) is 1.35. The third-order valence-corrected chi connectivity index (χ3v) is 5.37. The van der Waals surface area contributed by atoms with Gasteiger partial charge in [-0.1, -0.05) is 52.5 Å². The Balaban J connectivity index is 1.93. The van der Waals surface area contributed by atoms with Crippen LogP contribution in [0.15, 0.2) is 27.2 Å². The molecular weight excluding hydrogens is 330 g/mol. The van der Waals surface area contributed by atoms with Gasteiger partial charge in [-0.3, -0.25) is 0 Å². The van der Waals surface area contributed by atoms with Gasteiger partial charge < -0.3 is 10.3 Å². The number of hydrogen-bond acceptors (Lipinski definition) is 4. The average molecular weight is 350 g/mol. The van der Waals surface area contributed by atoms with Gasteiger partial charge in [0.15, 0.2) is 0 Å². The minimum absolute atomic E-state index is 0.120. The van der Waals surface area contributed by atoms with Gasteiger partial charge in [-0.15, -0.1) is 0 Å². The molecule has 1 aromatic carbocycles. The molecule has 3 rings (SSSR count). The van der Waals surface area contributed by atoms with E-state index in [9.17, 15) is 0 Å². The van der Waals surface area contributed by atoms with Crippen LogP contribution in [0.25, 0.3) is 11.4 Å². The Morgan fingerprint density at radius 2 is 2.05 bits per heavy atom. The maximum absolute atomic E-state index is 6.03. The summed E-state index contributed by atoms with van der Waals surface area (Å²) in [6.07, 6.45) is 5.73. The van der Waals surface area contributed by atoms with Crippen LogP contribution in [0.3, 0.4) is 0 Å². The molecule has 0 aliphatic heterocycles. The fourth-order valence-corrected chi connectivity index (χ4v) is 3.40. The van der Waals surface area contributed by atoms with Crippen molar-refractivity contribution in [3.8, 4) is 11.4 Å². The molecule has 0 amide bonds. The zero-order valence-corrected chi connectivity index (χ0v) is 13.8. The Kier molecular flexibility index (Phi) is 4.13. The molecule has 0 spiro atoms. The summed E-state index contributed by atoms with van der Waals surface area (Å²) in [5, 5.41) is 4.16. The molecule has 1 aliphatic carbocycles. The number of benzene rings is 1.